The number of aryl methyl sites for hydroxylation is 1. The van der Waals surface area contributed by atoms with Crippen LogP contribution in [-0.2, 0) is 15.9 Å². The molecule has 0 saturated heterocycles. The minimum atomic E-state index is -0.644. The van der Waals surface area contributed by atoms with E-state index in [9.17, 15) is 14.0 Å². The Bertz CT molecular complexity index is 1420. The number of fused-ring (bicyclic) bond motifs is 2. The fraction of sp³-hybridized carbons (Fsp3) is 0.259. The van der Waals surface area contributed by atoms with E-state index < -0.39 is 11.9 Å². The molecule has 7 nitrogen and oxygen atoms in total. The normalized spacial score (nSPS) is 12.8. The van der Waals surface area contributed by atoms with Gasteiger partial charge in [-0.05, 0) is 31.4 Å². The molecule has 0 aliphatic heterocycles. The molecule has 4 aromatic rings. The molecule has 8 heteroatoms. The molecule has 0 atom stereocenters. The maximum absolute atomic E-state index is 14.5. The molecule has 0 amide bonds. The van der Waals surface area contributed by atoms with Crippen molar-refractivity contribution in [3.8, 4) is 22.3 Å². The van der Waals surface area contributed by atoms with Crippen molar-refractivity contribution >= 4 is 28.9 Å². The number of ether oxygens (including phenoxy) is 2. The first-order valence-corrected chi connectivity index (χ1v) is 11.6. The van der Waals surface area contributed by atoms with Crippen LogP contribution in [0.2, 0.25) is 0 Å². The summed E-state index contributed by atoms with van der Waals surface area (Å²) >= 11 is 0. The number of carbonyl (C=O) groups excluding carboxylic acids is 2. The van der Waals surface area contributed by atoms with Gasteiger partial charge in [0.05, 0.1) is 14.2 Å². The number of aromatic nitrogens is 3. The molecule has 35 heavy (non-hydrogen) atoms. The Morgan fingerprint density at radius 3 is 2.20 bits per heavy atom. The third kappa shape index (κ3) is 4.16. The zero-order chi connectivity index (χ0) is 25.1. The average Bonchev–Trinajstić information content (AvgIpc) is 3.56. The molecule has 3 N–H and O–H groups in total. The first kappa shape index (κ1) is 24.1. The summed E-state index contributed by atoms with van der Waals surface area (Å²) in [5, 5.41) is 0.864. The number of nitrogens with one attached hydrogen (secondary N) is 3. The highest BCUT2D eigenvalue weighted by Crippen LogP contribution is 2.44. The van der Waals surface area contributed by atoms with Crippen LogP contribution in [0.5, 0.6) is 0 Å². The number of methoxy groups -OCH3 is 2. The Labute approximate surface area is 202 Å². The van der Waals surface area contributed by atoms with E-state index in [0.29, 0.717) is 47.1 Å². The maximum Gasteiger partial charge on any atom is 0.355 e. The number of para-hydroxylation sites is 1. The van der Waals surface area contributed by atoms with Gasteiger partial charge in [0.25, 0.3) is 0 Å². The van der Waals surface area contributed by atoms with Crippen molar-refractivity contribution in [1.29, 1.82) is 0 Å². The second kappa shape index (κ2) is 10.0. The van der Waals surface area contributed by atoms with E-state index in [-0.39, 0.29) is 17.2 Å². The van der Waals surface area contributed by atoms with Gasteiger partial charge in [0.1, 0.15) is 17.2 Å². The second-order valence-electron chi connectivity index (χ2n) is 7.90. The molecule has 1 aliphatic carbocycles. The average molecular weight is 478 g/mol. The van der Waals surface area contributed by atoms with Gasteiger partial charge in [-0.3, -0.25) is 0 Å². The molecular weight excluding hydrogens is 449 g/mol. The predicted molar refractivity (Wildman–Crippen MR) is 134 cm³/mol. The number of benzene rings is 1. The van der Waals surface area contributed by atoms with E-state index >= 15 is 0 Å². The maximum atomic E-state index is 14.5. The monoisotopic (exact) mass is 477 g/mol. The lowest BCUT2D eigenvalue weighted by atomic mass is 9.93. The van der Waals surface area contributed by atoms with E-state index in [1.54, 1.807) is 12.4 Å². The minimum Gasteiger partial charge on any atom is -0.464 e. The third-order valence-electron chi connectivity index (χ3n) is 6.06. The van der Waals surface area contributed by atoms with Crippen LogP contribution in [0.25, 0.3) is 39.2 Å². The Morgan fingerprint density at radius 1 is 0.886 bits per heavy atom. The predicted octanol–water partition coefficient (Wildman–Crippen LogP) is 6.40. The third-order valence-corrected chi connectivity index (χ3v) is 6.06. The van der Waals surface area contributed by atoms with E-state index in [1.807, 2.05) is 38.1 Å². The van der Waals surface area contributed by atoms with Crippen LogP contribution in [0, 0.1) is 0 Å². The van der Waals surface area contributed by atoms with Crippen molar-refractivity contribution in [2.45, 2.75) is 33.1 Å². The second-order valence-corrected chi connectivity index (χ2v) is 7.90. The van der Waals surface area contributed by atoms with Crippen molar-refractivity contribution < 1.29 is 23.5 Å². The first-order chi connectivity index (χ1) is 17.0. The van der Waals surface area contributed by atoms with Gasteiger partial charge in [-0.15, -0.1) is 0 Å². The van der Waals surface area contributed by atoms with Crippen LogP contribution < -0.4 is 0 Å². The lowest BCUT2D eigenvalue weighted by Crippen LogP contribution is -2.06. The van der Waals surface area contributed by atoms with Crippen LogP contribution in [0.3, 0.4) is 0 Å². The lowest BCUT2D eigenvalue weighted by Gasteiger charge is -2.08. The van der Waals surface area contributed by atoms with Crippen molar-refractivity contribution in [2.75, 3.05) is 14.2 Å². The number of esters is 2. The van der Waals surface area contributed by atoms with Crippen LogP contribution in [0.15, 0.2) is 42.5 Å². The fourth-order valence-corrected chi connectivity index (χ4v) is 4.55. The van der Waals surface area contributed by atoms with E-state index in [2.05, 4.69) is 15.0 Å². The highest BCUT2D eigenvalue weighted by Gasteiger charge is 2.32. The van der Waals surface area contributed by atoms with Gasteiger partial charge in [-0.1, -0.05) is 32.0 Å². The molecule has 0 radical (unpaired) electrons. The van der Waals surface area contributed by atoms with Crippen molar-refractivity contribution in [1.82, 2.24) is 15.0 Å². The molecule has 3 aromatic heterocycles. The van der Waals surface area contributed by atoms with Crippen molar-refractivity contribution in [3.63, 3.8) is 0 Å². The minimum absolute atomic E-state index is 0.0954. The Hall–Kier alpha value is -4.07. The zero-order valence-corrected chi connectivity index (χ0v) is 20.2. The summed E-state index contributed by atoms with van der Waals surface area (Å²) in [6.45, 7) is 4.00. The highest BCUT2D eigenvalue weighted by atomic mass is 19.1. The summed E-state index contributed by atoms with van der Waals surface area (Å²) in [6.07, 6.45) is 6.72. The lowest BCUT2D eigenvalue weighted by molar-refractivity contribution is 0.0591. The van der Waals surface area contributed by atoms with Gasteiger partial charge in [0.2, 0.25) is 0 Å². The van der Waals surface area contributed by atoms with Gasteiger partial charge < -0.3 is 24.4 Å². The summed E-state index contributed by atoms with van der Waals surface area (Å²) in [7, 11) is 2.55. The van der Waals surface area contributed by atoms with Crippen molar-refractivity contribution in [2.24, 2.45) is 0 Å². The largest absolute Gasteiger partial charge is 0.464 e. The smallest absolute Gasteiger partial charge is 0.355 e. The molecule has 0 fully saturated rings. The Kier molecular flexibility index (Phi) is 6.91. The van der Waals surface area contributed by atoms with Gasteiger partial charge in [-0.25, -0.2) is 14.0 Å². The summed E-state index contributed by atoms with van der Waals surface area (Å²) in [6, 6.07) is 7.64. The van der Waals surface area contributed by atoms with Crippen LogP contribution in [-0.4, -0.2) is 41.1 Å². The number of carbonyl (C=O) groups is 2. The van der Waals surface area contributed by atoms with Crippen LogP contribution in [0.1, 0.15) is 58.9 Å². The summed E-state index contributed by atoms with van der Waals surface area (Å²) < 4.78 is 24.5. The van der Waals surface area contributed by atoms with Gasteiger partial charge in [0.15, 0.2) is 0 Å². The van der Waals surface area contributed by atoms with Crippen LogP contribution in [0.4, 0.5) is 4.39 Å². The van der Waals surface area contributed by atoms with E-state index in [4.69, 9.17) is 9.47 Å². The number of halogens is 1. The van der Waals surface area contributed by atoms with Gasteiger partial charge in [0, 0.05) is 56.8 Å². The summed E-state index contributed by atoms with van der Waals surface area (Å²) in [5.74, 6) is -1.50. The molecule has 1 aromatic carbocycles. The number of hydrogen-bond donors (Lipinski definition) is 3. The molecule has 5 rings (SSSR count). The quantitative estimate of drug-likeness (QED) is 0.296. The Balaban J connectivity index is 0.00000141. The highest BCUT2D eigenvalue weighted by molar-refractivity contribution is 6.13. The van der Waals surface area contributed by atoms with Gasteiger partial charge >= 0.3 is 11.9 Å². The molecule has 0 saturated carbocycles. The number of hydrogen-bond acceptors (Lipinski definition) is 4. The molecule has 0 bridgehead atoms. The van der Waals surface area contributed by atoms with Gasteiger partial charge in [-0.2, -0.15) is 0 Å². The Morgan fingerprint density at radius 2 is 1.51 bits per heavy atom. The van der Waals surface area contributed by atoms with E-state index in [1.165, 1.54) is 20.3 Å². The fourth-order valence-electron chi connectivity index (χ4n) is 4.55. The number of allylic oxidation sites excluding steroid dienone is 1. The standard InChI is InChI=1S/C25H22FN3O4.C2H6/c1-32-24(30)22-20(16-11-27-18-8-4-3-7-14(16)18)21(23(29-22)25(31)33-2)17-12-28-19-9-5-6-13(26)10-15(17)19;1-2/h3-4,7-8,10-12,27-29H,5-6,9H2,1-2H3;1-2H3. The first-order valence-electron chi connectivity index (χ1n) is 11.6. The number of H-pyrrole nitrogens is 3. The molecule has 0 spiro atoms. The molecule has 1 aliphatic rings. The SMILES string of the molecule is CC.COC(=O)c1[nH]c(C(=O)OC)c(-c2c[nH]c3ccccc23)c1-c1c[nH]c2c1C=C(F)CCC2. The molecule has 182 valence electrons. The number of rotatable bonds is 4. The molecular formula is C27H28FN3O4. The zero-order valence-electron chi connectivity index (χ0n) is 20.2. The van der Waals surface area contributed by atoms with Crippen LogP contribution >= 0.6 is 0 Å². The van der Waals surface area contributed by atoms with E-state index in [0.717, 1.165) is 16.6 Å². The topological polar surface area (TPSA) is 100.0 Å². The summed E-state index contributed by atoms with van der Waals surface area (Å²) in [5.41, 5.74) is 4.87. The summed E-state index contributed by atoms with van der Waals surface area (Å²) in [4.78, 5) is 35.0. The van der Waals surface area contributed by atoms with Crippen molar-refractivity contribution in [3.05, 3.63) is 65.1 Å². The number of aromatic amines is 3. The molecule has 3 heterocycles. The molecule has 0 unspecified atom stereocenters.